The van der Waals surface area contributed by atoms with E-state index >= 15 is 0 Å². The minimum Gasteiger partial charge on any atom is -0.315 e. The van der Waals surface area contributed by atoms with Crippen LogP contribution < -0.4 is 21.3 Å². The van der Waals surface area contributed by atoms with E-state index in [2.05, 4.69) is 114 Å². The molecule has 45 heavy (non-hydrogen) atoms. The van der Waals surface area contributed by atoms with E-state index in [1.165, 1.54) is 97.8 Å². The highest BCUT2D eigenvalue weighted by Crippen LogP contribution is 2.20. The van der Waals surface area contributed by atoms with Gasteiger partial charge in [0.15, 0.2) is 0 Å². The molecule has 10 heteroatoms. The fourth-order valence-corrected chi connectivity index (χ4v) is 6.71. The fourth-order valence-electron chi connectivity index (χ4n) is 6.71. The van der Waals surface area contributed by atoms with Crippen molar-refractivity contribution in [3.05, 3.63) is 0 Å². The minimum absolute atomic E-state index is 0. The lowest BCUT2D eigenvalue weighted by molar-refractivity contribution is 0.124. The zero-order valence-corrected chi connectivity index (χ0v) is 30.0. The van der Waals surface area contributed by atoms with E-state index in [0.29, 0.717) is 24.2 Å². The summed E-state index contributed by atoms with van der Waals surface area (Å²) < 4.78 is 0. The lowest BCUT2D eigenvalue weighted by atomic mass is 10.2. The number of fused-ring (bicyclic) bond motifs is 1. The first kappa shape index (κ1) is 44.6. The van der Waals surface area contributed by atoms with Crippen molar-refractivity contribution >= 4 is 0 Å². The number of hydrogen-bond acceptors (Lipinski definition) is 10. The van der Waals surface area contributed by atoms with Gasteiger partial charge in [-0.2, -0.15) is 0 Å². The molecule has 6 aliphatic rings. The van der Waals surface area contributed by atoms with Gasteiger partial charge in [0.25, 0.3) is 0 Å². The highest BCUT2D eigenvalue weighted by molar-refractivity contribution is 4.85. The Labute approximate surface area is 282 Å². The third kappa shape index (κ3) is 20.5. The quantitative estimate of drug-likeness (QED) is 0.314. The maximum Gasteiger partial charge on any atom is 0.0224 e. The lowest BCUT2D eigenvalue weighted by Gasteiger charge is -2.35. The molecule has 6 rings (SSSR count). The Kier molecular flexibility index (Phi) is 25.4. The molecule has 0 saturated carbocycles. The summed E-state index contributed by atoms with van der Waals surface area (Å²) in [6, 6.07) is 3.61. The van der Waals surface area contributed by atoms with E-state index in [0.717, 1.165) is 32.2 Å². The summed E-state index contributed by atoms with van der Waals surface area (Å²) in [5.41, 5.74) is 0. The second-order valence-electron chi connectivity index (χ2n) is 14.3. The molecule has 6 fully saturated rings. The van der Waals surface area contributed by atoms with Crippen molar-refractivity contribution < 1.29 is 0 Å². The third-order valence-electron chi connectivity index (χ3n) is 9.51. The average molecular weight is 643 g/mol. The Balaban J connectivity index is 0.000000534. The summed E-state index contributed by atoms with van der Waals surface area (Å²) in [7, 11) is 10.9. The standard InChI is InChI=1S/C8H16N2.2C7H16N2.C6H14N2.C5H12N2.2CH4/c1-9-5-6-10-4-2-3-8(10)7-9;1-6-5-9(3)7(2)4-8-6;1-6-4-9(3)5-7(2)8-6;1-8-5-2-3-7-4-6-8;1-7-4-2-6-3-5-7;;/h8H,2-7H2,1H3;2*6-8H,4-5H2,1-3H3;7H,2-6H2,1H3;6H,2-5H2,1H3;2*1H4. The van der Waals surface area contributed by atoms with Crippen LogP contribution in [0.5, 0.6) is 0 Å². The van der Waals surface area contributed by atoms with Crippen LogP contribution in [-0.4, -0.2) is 200 Å². The van der Waals surface area contributed by atoms with Crippen molar-refractivity contribution in [3.8, 4) is 0 Å². The van der Waals surface area contributed by atoms with Gasteiger partial charge in [-0.05, 0) is 102 Å². The molecule has 0 aromatic rings. The van der Waals surface area contributed by atoms with Crippen LogP contribution in [0.25, 0.3) is 0 Å². The average Bonchev–Trinajstić information content (AvgIpc) is 3.28. The van der Waals surface area contributed by atoms with Gasteiger partial charge in [0.05, 0.1) is 0 Å². The van der Waals surface area contributed by atoms with Crippen LogP contribution in [0.4, 0.5) is 0 Å². The summed E-state index contributed by atoms with van der Waals surface area (Å²) >= 11 is 0. The van der Waals surface area contributed by atoms with Gasteiger partial charge >= 0.3 is 0 Å². The molecule has 5 unspecified atom stereocenters. The fraction of sp³-hybridized carbons (Fsp3) is 1.00. The number of nitrogens with zero attached hydrogens (tertiary/aromatic N) is 6. The van der Waals surface area contributed by atoms with E-state index in [4.69, 9.17) is 0 Å². The topological polar surface area (TPSA) is 67.6 Å². The van der Waals surface area contributed by atoms with Gasteiger partial charge in [-0.1, -0.05) is 14.9 Å². The second kappa shape index (κ2) is 25.6. The SMILES string of the molecule is C.C.CC1CN(C)C(C)CN1.CC1CN(C)CC(C)N1.CN1CCCNCC1.CN1CCN2CCCC2C1.CN1CCNCC1. The first-order chi connectivity index (χ1) is 20.5. The largest absolute Gasteiger partial charge is 0.315 e. The molecule has 272 valence electrons. The third-order valence-corrected chi connectivity index (χ3v) is 9.51. The first-order valence-electron chi connectivity index (χ1n) is 17.6. The van der Waals surface area contributed by atoms with Crippen molar-refractivity contribution in [3.63, 3.8) is 0 Å². The van der Waals surface area contributed by atoms with Gasteiger partial charge in [-0.25, -0.2) is 0 Å². The number of piperazine rings is 4. The second-order valence-corrected chi connectivity index (χ2v) is 14.3. The molecule has 6 aliphatic heterocycles. The maximum atomic E-state index is 3.47. The van der Waals surface area contributed by atoms with Crippen molar-refractivity contribution in [2.24, 2.45) is 0 Å². The molecule has 0 radical (unpaired) electrons. The molecule has 0 aliphatic carbocycles. The van der Waals surface area contributed by atoms with Gasteiger partial charge in [-0.15, -0.1) is 0 Å². The summed E-state index contributed by atoms with van der Waals surface area (Å²) in [4.78, 5) is 14.5. The van der Waals surface area contributed by atoms with E-state index in [1.807, 2.05) is 0 Å². The monoisotopic (exact) mass is 643 g/mol. The molecular weight excluding hydrogens is 560 g/mol. The molecule has 0 aromatic heterocycles. The van der Waals surface area contributed by atoms with E-state index in [-0.39, 0.29) is 14.9 Å². The Morgan fingerprint density at radius 2 is 1.09 bits per heavy atom. The van der Waals surface area contributed by atoms with Crippen molar-refractivity contribution in [1.82, 2.24) is 50.7 Å². The van der Waals surface area contributed by atoms with Crippen molar-refractivity contribution in [2.75, 3.05) is 140 Å². The van der Waals surface area contributed by atoms with E-state index in [1.54, 1.807) is 0 Å². The van der Waals surface area contributed by atoms with Crippen LogP contribution in [0, 0.1) is 0 Å². The van der Waals surface area contributed by atoms with Gasteiger partial charge in [0.2, 0.25) is 0 Å². The molecule has 4 N–H and O–H groups in total. The lowest BCUT2D eigenvalue weighted by Crippen LogP contribution is -2.52. The van der Waals surface area contributed by atoms with Crippen molar-refractivity contribution in [2.45, 2.75) is 92.0 Å². The zero-order valence-electron chi connectivity index (χ0n) is 30.0. The van der Waals surface area contributed by atoms with E-state index < -0.39 is 0 Å². The summed E-state index contributed by atoms with van der Waals surface area (Å²) in [6.45, 7) is 28.4. The molecule has 0 aromatic carbocycles. The Bertz CT molecular complexity index is 646. The Hall–Kier alpha value is -0.400. The number of nitrogens with one attached hydrogen (secondary N) is 4. The van der Waals surface area contributed by atoms with Crippen LogP contribution in [-0.2, 0) is 0 Å². The molecule has 10 nitrogen and oxygen atoms in total. The molecule has 6 heterocycles. The van der Waals surface area contributed by atoms with Gasteiger partial charge in [0, 0.05) is 115 Å². The zero-order chi connectivity index (χ0) is 31.6. The number of likely N-dealkylation sites (N-methyl/N-ethyl adjacent to an activating group) is 5. The van der Waals surface area contributed by atoms with E-state index in [9.17, 15) is 0 Å². The first-order valence-corrected chi connectivity index (χ1v) is 17.6. The highest BCUT2D eigenvalue weighted by Gasteiger charge is 2.28. The van der Waals surface area contributed by atoms with Crippen LogP contribution in [0.15, 0.2) is 0 Å². The van der Waals surface area contributed by atoms with Gasteiger partial charge < -0.3 is 45.8 Å². The molecule has 5 atom stereocenters. The van der Waals surface area contributed by atoms with Crippen LogP contribution >= 0.6 is 0 Å². The predicted octanol–water partition coefficient (Wildman–Crippen LogP) is 1.70. The maximum absolute atomic E-state index is 3.47. The normalized spacial score (nSPS) is 32.1. The molecule has 0 bridgehead atoms. The molecule has 6 saturated heterocycles. The molecule has 0 spiro atoms. The Morgan fingerprint density at radius 1 is 0.511 bits per heavy atom. The predicted molar refractivity (Wildman–Crippen MR) is 200 cm³/mol. The number of hydrogen-bond donors (Lipinski definition) is 4. The van der Waals surface area contributed by atoms with Gasteiger partial charge in [-0.3, -0.25) is 4.90 Å². The molecule has 0 amide bonds. The van der Waals surface area contributed by atoms with Gasteiger partial charge in [0.1, 0.15) is 0 Å². The summed E-state index contributed by atoms with van der Waals surface area (Å²) in [5, 5.41) is 13.5. The minimum atomic E-state index is 0. The molecular formula is C35H82N10. The summed E-state index contributed by atoms with van der Waals surface area (Å²) in [5.74, 6) is 0. The highest BCUT2D eigenvalue weighted by atomic mass is 15.3. The number of rotatable bonds is 0. The van der Waals surface area contributed by atoms with Crippen LogP contribution in [0.3, 0.4) is 0 Å². The Morgan fingerprint density at radius 3 is 1.62 bits per heavy atom. The van der Waals surface area contributed by atoms with Crippen LogP contribution in [0.2, 0.25) is 0 Å². The summed E-state index contributed by atoms with van der Waals surface area (Å²) in [6.07, 6.45) is 4.17. The smallest absolute Gasteiger partial charge is 0.0224 e. The van der Waals surface area contributed by atoms with Crippen LogP contribution in [0.1, 0.15) is 61.8 Å². The van der Waals surface area contributed by atoms with Crippen molar-refractivity contribution in [1.29, 1.82) is 0 Å².